The molecule has 42 heavy (non-hydrogen) atoms. The van der Waals surface area contributed by atoms with E-state index >= 15 is 0 Å². The highest BCUT2D eigenvalue weighted by atomic mass is 31.1. The third kappa shape index (κ3) is 7.34. The number of nitrogens with one attached hydrogen (secondary N) is 3. The van der Waals surface area contributed by atoms with Crippen LogP contribution in [0.3, 0.4) is 0 Å². The monoisotopic (exact) mass is 600 g/mol. The number of fused-ring (bicyclic) bond motifs is 1. The molecule has 3 heterocycles. The third-order valence-electron chi connectivity index (χ3n) is 6.33. The molecular formula is C26H31N7O8P+. The van der Waals surface area contributed by atoms with Gasteiger partial charge in [0.1, 0.15) is 19.3 Å². The quantitative estimate of drug-likeness (QED) is 0.203. The number of nitriles is 1. The highest BCUT2D eigenvalue weighted by molar-refractivity contribution is 7.33. The number of anilines is 1. The predicted molar refractivity (Wildman–Crippen MR) is 148 cm³/mol. The summed E-state index contributed by atoms with van der Waals surface area (Å²) in [7, 11) is -2.69. The minimum Gasteiger partial charge on any atom is -0.445 e. The molecule has 2 amide bonds. The van der Waals surface area contributed by atoms with Crippen molar-refractivity contribution in [1.82, 2.24) is 24.8 Å². The van der Waals surface area contributed by atoms with E-state index in [4.69, 9.17) is 23.8 Å². The van der Waals surface area contributed by atoms with Crippen molar-refractivity contribution in [3.8, 4) is 6.07 Å². The van der Waals surface area contributed by atoms with Gasteiger partial charge in [-0.15, -0.1) is 9.05 Å². The molecule has 1 unspecified atom stereocenters. The number of H-pyrrole nitrogens is 1. The number of ether oxygens (including phenoxy) is 2. The zero-order valence-corrected chi connectivity index (χ0v) is 24.1. The van der Waals surface area contributed by atoms with Gasteiger partial charge in [0.2, 0.25) is 11.9 Å². The Morgan fingerprint density at radius 3 is 2.74 bits per heavy atom. The zero-order valence-electron chi connectivity index (χ0n) is 23.2. The molecule has 0 aliphatic carbocycles. The fourth-order valence-electron chi connectivity index (χ4n) is 4.22. The molecule has 4 rings (SSSR count). The van der Waals surface area contributed by atoms with Crippen molar-refractivity contribution in [3.63, 3.8) is 0 Å². The topological polar surface area (TPSA) is 200 Å². The number of rotatable bonds is 12. The van der Waals surface area contributed by atoms with E-state index in [2.05, 4.69) is 25.6 Å². The SMILES string of the molecule is CC[C@H]1O[C@@H](n2cnc3c(=O)[nH]c(NC(=O)C(C)C)nc32)[C@H](NC(=O)OCc2ccccc2)[C@@H]1O[P+](=O)OCCC#N. The van der Waals surface area contributed by atoms with E-state index in [0.717, 1.165) is 5.56 Å². The lowest BCUT2D eigenvalue weighted by Crippen LogP contribution is -2.47. The molecule has 1 aliphatic rings. The number of imidazole rings is 1. The Morgan fingerprint density at radius 2 is 2.05 bits per heavy atom. The van der Waals surface area contributed by atoms with Gasteiger partial charge in [-0.3, -0.25) is 24.5 Å². The van der Waals surface area contributed by atoms with Gasteiger partial charge in [-0.1, -0.05) is 51.1 Å². The van der Waals surface area contributed by atoms with Crippen molar-refractivity contribution in [2.45, 2.75) is 64.7 Å². The van der Waals surface area contributed by atoms with E-state index < -0.39 is 44.4 Å². The minimum atomic E-state index is -2.69. The Morgan fingerprint density at radius 1 is 1.29 bits per heavy atom. The minimum absolute atomic E-state index is 0.00977. The number of hydrogen-bond donors (Lipinski definition) is 3. The van der Waals surface area contributed by atoms with E-state index in [0.29, 0.717) is 6.42 Å². The number of nitrogens with zero attached hydrogens (tertiary/aromatic N) is 4. The van der Waals surface area contributed by atoms with Gasteiger partial charge in [0, 0.05) is 10.5 Å². The smallest absolute Gasteiger partial charge is 0.445 e. The molecule has 1 aliphatic heterocycles. The highest BCUT2D eigenvalue weighted by Crippen LogP contribution is 2.39. The van der Waals surface area contributed by atoms with Crippen molar-refractivity contribution in [1.29, 1.82) is 5.26 Å². The maximum Gasteiger partial charge on any atom is 0.697 e. The Labute approximate surface area is 241 Å². The summed E-state index contributed by atoms with van der Waals surface area (Å²) in [5.41, 5.74) is 0.198. The molecule has 0 spiro atoms. The van der Waals surface area contributed by atoms with Crippen LogP contribution in [0.1, 0.15) is 45.4 Å². The second-order valence-electron chi connectivity index (χ2n) is 9.62. The summed E-state index contributed by atoms with van der Waals surface area (Å²) in [5.74, 6) is -0.822. The Balaban J connectivity index is 1.65. The van der Waals surface area contributed by atoms with Crippen LogP contribution < -0.4 is 16.2 Å². The van der Waals surface area contributed by atoms with Crippen molar-refractivity contribution in [2.24, 2.45) is 5.92 Å². The summed E-state index contributed by atoms with van der Waals surface area (Å²) >= 11 is 0. The first-order valence-electron chi connectivity index (χ1n) is 13.3. The molecule has 3 aromatic rings. The molecule has 1 saturated heterocycles. The standard InChI is InChI=1S/C26H30N7O8P/c1-4-17-20(41-42(37)39-12-8-11-27)18(29-26(36)38-13-16-9-6-5-7-10-16)24(40-17)33-14-28-19-21(33)30-25(32-23(19)35)31-22(34)15(2)3/h5-7,9-10,14-15,17-18,20,24H,4,8,12-13H2,1-3H3,(H2-,29,30,31,32,34,35,36)/p+1/t17-,18-,20-,24-/m1/s1. The van der Waals surface area contributed by atoms with Gasteiger partial charge in [0.05, 0.1) is 24.9 Å². The van der Waals surface area contributed by atoms with Gasteiger partial charge in [-0.2, -0.15) is 10.2 Å². The molecule has 1 fully saturated rings. The number of benzene rings is 1. The second-order valence-corrected chi connectivity index (χ2v) is 10.5. The number of carbonyl (C=O) groups excluding carboxylic acids is 2. The van der Waals surface area contributed by atoms with Gasteiger partial charge < -0.3 is 14.8 Å². The molecule has 2 aromatic heterocycles. The maximum absolute atomic E-state index is 13.0. The van der Waals surface area contributed by atoms with Crippen LogP contribution in [0.4, 0.5) is 10.7 Å². The van der Waals surface area contributed by atoms with E-state index in [1.165, 1.54) is 10.9 Å². The molecule has 0 saturated carbocycles. The summed E-state index contributed by atoms with van der Waals surface area (Å²) < 4.78 is 36.5. The lowest BCUT2D eigenvalue weighted by molar-refractivity contribution is -0.118. The number of aromatic amines is 1. The van der Waals surface area contributed by atoms with Gasteiger partial charge in [-0.05, 0) is 12.0 Å². The van der Waals surface area contributed by atoms with Crippen molar-refractivity contribution in [2.75, 3.05) is 11.9 Å². The summed E-state index contributed by atoms with van der Waals surface area (Å²) in [6.07, 6.45) is -1.81. The van der Waals surface area contributed by atoms with Crippen molar-refractivity contribution < 1.29 is 32.7 Å². The Kier molecular flexibility index (Phi) is 10.3. The molecule has 1 aromatic carbocycles. The fraction of sp³-hybridized carbons (Fsp3) is 0.462. The Hall–Kier alpha value is -4.22. The summed E-state index contributed by atoms with van der Waals surface area (Å²) in [5, 5.41) is 14.0. The summed E-state index contributed by atoms with van der Waals surface area (Å²) in [6, 6.07) is 9.94. The average molecular weight is 601 g/mol. The molecule has 0 bridgehead atoms. The first-order chi connectivity index (χ1) is 20.2. The largest absolute Gasteiger partial charge is 0.697 e. The van der Waals surface area contributed by atoms with Gasteiger partial charge >= 0.3 is 14.3 Å². The normalized spacial score (nSPS) is 20.3. The predicted octanol–water partition coefficient (Wildman–Crippen LogP) is 3.29. The average Bonchev–Trinajstić information content (AvgIpc) is 3.54. The van der Waals surface area contributed by atoms with Crippen LogP contribution in [-0.4, -0.2) is 56.4 Å². The van der Waals surface area contributed by atoms with Crippen LogP contribution in [0, 0.1) is 17.2 Å². The lowest BCUT2D eigenvalue weighted by atomic mass is 10.1. The van der Waals surface area contributed by atoms with Crippen molar-refractivity contribution >= 4 is 37.4 Å². The first-order valence-corrected chi connectivity index (χ1v) is 14.4. The lowest BCUT2D eigenvalue weighted by Gasteiger charge is -2.22. The number of alkyl carbamates (subject to hydrolysis) is 1. The molecule has 222 valence electrons. The second kappa shape index (κ2) is 14.1. The fourth-order valence-corrected chi connectivity index (χ4v) is 4.98. The number of aromatic nitrogens is 4. The molecule has 0 radical (unpaired) electrons. The van der Waals surface area contributed by atoms with E-state index in [-0.39, 0.29) is 48.6 Å². The molecule has 15 nitrogen and oxygen atoms in total. The van der Waals surface area contributed by atoms with Crippen LogP contribution in [0.2, 0.25) is 0 Å². The number of carbonyl (C=O) groups is 2. The van der Waals surface area contributed by atoms with Crippen LogP contribution in [0.25, 0.3) is 11.2 Å². The molecular weight excluding hydrogens is 569 g/mol. The number of amides is 2. The van der Waals surface area contributed by atoms with Crippen LogP contribution in [-0.2, 0) is 34.5 Å². The Bertz CT molecular complexity index is 1520. The first kappa shape index (κ1) is 30.7. The van der Waals surface area contributed by atoms with Crippen LogP contribution in [0.15, 0.2) is 41.5 Å². The summed E-state index contributed by atoms with van der Waals surface area (Å²) in [4.78, 5) is 49.0. The number of hydrogen-bond acceptors (Lipinski definition) is 11. The highest BCUT2D eigenvalue weighted by Gasteiger charge is 2.52. The molecule has 16 heteroatoms. The van der Waals surface area contributed by atoms with Gasteiger partial charge in [0.15, 0.2) is 23.5 Å². The van der Waals surface area contributed by atoms with Crippen molar-refractivity contribution in [3.05, 3.63) is 52.6 Å². The maximum atomic E-state index is 13.0. The molecule has 5 atom stereocenters. The molecule has 3 N–H and O–H groups in total. The van der Waals surface area contributed by atoms with E-state index in [1.54, 1.807) is 26.0 Å². The van der Waals surface area contributed by atoms with E-state index in [1.807, 2.05) is 31.2 Å². The van der Waals surface area contributed by atoms with Gasteiger partial charge in [-0.25, -0.2) is 9.78 Å². The van der Waals surface area contributed by atoms with E-state index in [9.17, 15) is 18.9 Å². The third-order valence-corrected chi connectivity index (χ3v) is 7.14. The van der Waals surface area contributed by atoms with Crippen LogP contribution >= 0.6 is 8.25 Å². The summed E-state index contributed by atoms with van der Waals surface area (Å²) in [6.45, 7) is 5.07. The van der Waals surface area contributed by atoms with Crippen LogP contribution in [0.5, 0.6) is 0 Å². The zero-order chi connectivity index (χ0) is 30.2. The van der Waals surface area contributed by atoms with Gasteiger partial charge in [0.25, 0.3) is 5.56 Å².